The molecule has 0 spiro atoms. The van der Waals surface area contributed by atoms with E-state index in [0.717, 1.165) is 25.3 Å². The smallest absolute Gasteiger partial charge is 0.305 e. The van der Waals surface area contributed by atoms with Crippen LogP contribution in [0, 0.1) is 0 Å². The van der Waals surface area contributed by atoms with E-state index < -0.39 is 5.97 Å². The molecule has 6 heteroatoms. The summed E-state index contributed by atoms with van der Waals surface area (Å²) in [5.74, 6) is 0.253. The zero-order chi connectivity index (χ0) is 13.0. The highest BCUT2D eigenvalue weighted by molar-refractivity contribution is 5.67. The number of carbonyl (C=O) groups is 1. The number of morpholine rings is 1. The van der Waals surface area contributed by atoms with Crippen molar-refractivity contribution in [1.82, 2.24) is 14.5 Å². The van der Waals surface area contributed by atoms with E-state index >= 15 is 0 Å². The molecule has 0 aliphatic carbocycles. The van der Waals surface area contributed by atoms with Gasteiger partial charge in [-0.25, -0.2) is 4.98 Å². The van der Waals surface area contributed by atoms with Crippen LogP contribution in [-0.2, 0) is 23.0 Å². The van der Waals surface area contributed by atoms with Gasteiger partial charge >= 0.3 is 5.97 Å². The highest BCUT2D eigenvalue weighted by Gasteiger charge is 2.25. The van der Waals surface area contributed by atoms with Crippen LogP contribution in [0.4, 0.5) is 0 Å². The van der Waals surface area contributed by atoms with Crippen LogP contribution in [0.2, 0.25) is 0 Å². The molecular formula is C12H19N3O3. The molecule has 1 aromatic rings. The average Bonchev–Trinajstić information content (AvgIpc) is 2.73. The van der Waals surface area contributed by atoms with E-state index in [1.54, 1.807) is 6.20 Å². The maximum absolute atomic E-state index is 10.8. The molecule has 1 aromatic heterocycles. The maximum atomic E-state index is 10.8. The first-order valence-corrected chi connectivity index (χ1v) is 6.16. The summed E-state index contributed by atoms with van der Waals surface area (Å²) in [7, 11) is 1.97. The summed E-state index contributed by atoms with van der Waals surface area (Å²) < 4.78 is 7.34. The molecule has 0 bridgehead atoms. The quantitative estimate of drug-likeness (QED) is 0.808. The minimum Gasteiger partial charge on any atom is -0.481 e. The first-order chi connectivity index (χ1) is 8.66. The lowest BCUT2D eigenvalue weighted by molar-refractivity contribution is -0.140. The second-order valence-electron chi connectivity index (χ2n) is 4.57. The molecule has 1 saturated heterocycles. The Bertz CT molecular complexity index is 405. The standard InChI is InChI=1S/C12H19N3O3/c1-14-5-3-13-11(14)2-4-15-6-7-18-9-10(15)8-12(16)17/h3,5,10H,2,4,6-9H2,1H3,(H,16,17). The third-order valence-electron chi connectivity index (χ3n) is 3.30. The zero-order valence-corrected chi connectivity index (χ0v) is 10.6. The van der Waals surface area contributed by atoms with Crippen molar-refractivity contribution >= 4 is 5.97 Å². The molecule has 2 heterocycles. The van der Waals surface area contributed by atoms with Gasteiger partial charge in [-0.15, -0.1) is 0 Å². The van der Waals surface area contributed by atoms with Crippen LogP contribution in [0.25, 0.3) is 0 Å². The van der Waals surface area contributed by atoms with E-state index in [1.807, 2.05) is 17.8 Å². The highest BCUT2D eigenvalue weighted by Crippen LogP contribution is 2.11. The molecule has 0 aromatic carbocycles. The van der Waals surface area contributed by atoms with Crippen molar-refractivity contribution in [1.29, 1.82) is 0 Å². The van der Waals surface area contributed by atoms with Crippen molar-refractivity contribution < 1.29 is 14.6 Å². The Morgan fingerprint density at radius 3 is 3.17 bits per heavy atom. The van der Waals surface area contributed by atoms with Crippen molar-refractivity contribution in [3.05, 3.63) is 18.2 Å². The van der Waals surface area contributed by atoms with Gasteiger partial charge in [-0.05, 0) is 0 Å². The van der Waals surface area contributed by atoms with Crippen LogP contribution in [0.5, 0.6) is 0 Å². The molecule has 100 valence electrons. The number of ether oxygens (including phenoxy) is 1. The van der Waals surface area contributed by atoms with Crippen LogP contribution < -0.4 is 0 Å². The molecule has 0 radical (unpaired) electrons. The third kappa shape index (κ3) is 3.30. The van der Waals surface area contributed by atoms with E-state index in [4.69, 9.17) is 9.84 Å². The number of aromatic nitrogens is 2. The summed E-state index contributed by atoms with van der Waals surface area (Å²) in [6, 6.07) is -0.0171. The van der Waals surface area contributed by atoms with Crippen LogP contribution in [0.3, 0.4) is 0 Å². The largest absolute Gasteiger partial charge is 0.481 e. The minimum absolute atomic E-state index is 0.0171. The summed E-state index contributed by atoms with van der Waals surface area (Å²) in [5, 5.41) is 8.88. The number of imidazole rings is 1. The monoisotopic (exact) mass is 253 g/mol. The van der Waals surface area contributed by atoms with Crippen molar-refractivity contribution in [2.24, 2.45) is 7.05 Å². The first kappa shape index (κ1) is 13.0. The molecule has 1 atom stereocenters. The number of aryl methyl sites for hydroxylation is 1. The van der Waals surface area contributed by atoms with Gasteiger partial charge in [-0.1, -0.05) is 0 Å². The Hall–Kier alpha value is -1.40. The topological polar surface area (TPSA) is 67.6 Å². The average molecular weight is 253 g/mol. The Kier molecular flexibility index (Phi) is 4.33. The van der Waals surface area contributed by atoms with E-state index in [1.165, 1.54) is 0 Å². The Labute approximate surface area is 106 Å². The summed E-state index contributed by atoms with van der Waals surface area (Å²) in [4.78, 5) is 17.3. The Morgan fingerprint density at radius 1 is 1.67 bits per heavy atom. The fourth-order valence-corrected chi connectivity index (χ4v) is 2.25. The summed E-state index contributed by atoms with van der Waals surface area (Å²) in [6.07, 6.45) is 4.67. The molecule has 0 saturated carbocycles. The predicted molar refractivity (Wildman–Crippen MR) is 65.3 cm³/mol. The van der Waals surface area contributed by atoms with Crippen molar-refractivity contribution in [3.63, 3.8) is 0 Å². The molecule has 6 nitrogen and oxygen atoms in total. The summed E-state index contributed by atoms with van der Waals surface area (Å²) >= 11 is 0. The summed E-state index contributed by atoms with van der Waals surface area (Å²) in [5.41, 5.74) is 0. The third-order valence-corrected chi connectivity index (χ3v) is 3.30. The van der Waals surface area contributed by atoms with E-state index in [0.29, 0.717) is 13.2 Å². The second-order valence-corrected chi connectivity index (χ2v) is 4.57. The maximum Gasteiger partial charge on any atom is 0.305 e. The molecule has 1 unspecified atom stereocenters. The zero-order valence-electron chi connectivity index (χ0n) is 10.6. The molecular weight excluding hydrogens is 234 g/mol. The van der Waals surface area contributed by atoms with Crippen molar-refractivity contribution in [3.8, 4) is 0 Å². The number of hydrogen-bond donors (Lipinski definition) is 1. The second kappa shape index (κ2) is 5.97. The van der Waals surface area contributed by atoms with E-state index in [-0.39, 0.29) is 12.5 Å². The van der Waals surface area contributed by atoms with Gasteiger partial charge in [0, 0.05) is 45.0 Å². The number of aliphatic carboxylic acids is 1. The van der Waals surface area contributed by atoms with Gasteiger partial charge in [0.1, 0.15) is 5.82 Å². The lowest BCUT2D eigenvalue weighted by Gasteiger charge is -2.34. The fourth-order valence-electron chi connectivity index (χ4n) is 2.25. The minimum atomic E-state index is -0.771. The number of rotatable bonds is 5. The van der Waals surface area contributed by atoms with Crippen LogP contribution >= 0.6 is 0 Å². The van der Waals surface area contributed by atoms with Crippen LogP contribution in [0.1, 0.15) is 12.2 Å². The number of nitrogens with zero attached hydrogens (tertiary/aromatic N) is 3. The van der Waals surface area contributed by atoms with Gasteiger partial charge in [-0.3, -0.25) is 9.69 Å². The number of carboxylic acids is 1. The van der Waals surface area contributed by atoms with Crippen LogP contribution in [0.15, 0.2) is 12.4 Å². The predicted octanol–water partition coefficient (Wildman–Crippen LogP) is 0.138. The van der Waals surface area contributed by atoms with Gasteiger partial charge in [0.2, 0.25) is 0 Å². The molecule has 1 N–H and O–H groups in total. The molecule has 2 rings (SSSR count). The molecule has 18 heavy (non-hydrogen) atoms. The molecule has 0 amide bonds. The Morgan fingerprint density at radius 2 is 2.50 bits per heavy atom. The number of hydrogen-bond acceptors (Lipinski definition) is 4. The summed E-state index contributed by atoms with van der Waals surface area (Å²) in [6.45, 7) is 2.80. The molecule has 1 fully saturated rings. The van der Waals surface area contributed by atoms with Gasteiger partial charge in [0.05, 0.1) is 19.6 Å². The number of carboxylic acid groups (broad SMARTS) is 1. The SMILES string of the molecule is Cn1ccnc1CCN1CCOCC1CC(=O)O. The van der Waals surface area contributed by atoms with E-state index in [9.17, 15) is 4.79 Å². The first-order valence-electron chi connectivity index (χ1n) is 6.16. The fraction of sp³-hybridized carbons (Fsp3) is 0.667. The lowest BCUT2D eigenvalue weighted by atomic mass is 10.1. The van der Waals surface area contributed by atoms with Gasteiger partial charge in [0.25, 0.3) is 0 Å². The lowest BCUT2D eigenvalue weighted by Crippen LogP contribution is -2.47. The van der Waals surface area contributed by atoms with Gasteiger partial charge < -0.3 is 14.4 Å². The Balaban J connectivity index is 1.89. The van der Waals surface area contributed by atoms with Crippen molar-refractivity contribution in [2.75, 3.05) is 26.3 Å². The van der Waals surface area contributed by atoms with Gasteiger partial charge in [-0.2, -0.15) is 0 Å². The molecule has 1 aliphatic rings. The normalized spacial score (nSPS) is 21.1. The van der Waals surface area contributed by atoms with Crippen molar-refractivity contribution in [2.45, 2.75) is 18.9 Å². The molecule has 1 aliphatic heterocycles. The van der Waals surface area contributed by atoms with E-state index in [2.05, 4.69) is 9.88 Å². The highest BCUT2D eigenvalue weighted by atomic mass is 16.5. The van der Waals surface area contributed by atoms with Crippen LogP contribution in [-0.4, -0.2) is 57.9 Å². The van der Waals surface area contributed by atoms with Gasteiger partial charge in [0.15, 0.2) is 0 Å².